The fraction of sp³-hybridized carbons (Fsp3) is 0.133. The molecule has 2 rings (SSSR count). The molecule has 0 saturated heterocycles. The first kappa shape index (κ1) is 18.2. The number of aromatic hydroxyl groups is 1. The number of benzene rings is 2. The molecule has 3 nitrogen and oxygen atoms in total. The van der Waals surface area contributed by atoms with E-state index in [0.717, 1.165) is 11.3 Å². The Balaban J connectivity index is 0.000000677. The van der Waals surface area contributed by atoms with E-state index in [1.165, 1.54) is 0 Å². The standard InChI is InChI=1S/C15H15NO2.2ClH.Zr/c1-11-8-14(18-2)9-12(15(11)17)10-16-13-6-4-3-5-7-13;;;/h3-10,17H,1-2H3;2*1H;/q;;;+2/p-2. The molecule has 0 fully saturated rings. The fourth-order valence-electron chi connectivity index (χ4n) is 1.65. The maximum atomic E-state index is 9.95. The molecular formula is C15H15Cl2NO2Zr. The molecule has 0 bridgehead atoms. The van der Waals surface area contributed by atoms with Crippen LogP contribution >= 0.6 is 17.0 Å². The Morgan fingerprint density at radius 3 is 2.38 bits per heavy atom. The van der Waals surface area contributed by atoms with Crippen LogP contribution in [0.4, 0.5) is 5.69 Å². The van der Waals surface area contributed by atoms with Gasteiger partial charge in [0.25, 0.3) is 0 Å². The molecule has 0 aromatic heterocycles. The summed E-state index contributed by atoms with van der Waals surface area (Å²) in [5.74, 6) is 0.940. The molecule has 2 aromatic carbocycles. The molecule has 110 valence electrons. The first-order chi connectivity index (χ1) is 10.1. The van der Waals surface area contributed by atoms with Crippen LogP contribution in [0.1, 0.15) is 11.1 Å². The molecule has 6 heteroatoms. The van der Waals surface area contributed by atoms with Gasteiger partial charge in [0.05, 0.1) is 12.8 Å². The van der Waals surface area contributed by atoms with Gasteiger partial charge in [-0.3, -0.25) is 4.99 Å². The predicted octanol–water partition coefficient (Wildman–Crippen LogP) is 4.84. The summed E-state index contributed by atoms with van der Waals surface area (Å²) in [5, 5.41) is 9.95. The fourth-order valence-corrected chi connectivity index (χ4v) is 1.65. The van der Waals surface area contributed by atoms with Crippen molar-refractivity contribution in [2.75, 3.05) is 7.11 Å². The molecule has 0 aliphatic heterocycles. The quantitative estimate of drug-likeness (QED) is 0.746. The first-order valence-electron chi connectivity index (χ1n) is 6.05. The zero-order valence-corrected chi connectivity index (χ0v) is 15.6. The van der Waals surface area contributed by atoms with Gasteiger partial charge in [-0.2, -0.15) is 0 Å². The summed E-state index contributed by atoms with van der Waals surface area (Å²) in [5.41, 5.74) is 2.26. The number of aryl methyl sites for hydroxylation is 1. The normalized spacial score (nSPS) is 9.90. The Morgan fingerprint density at radius 2 is 1.81 bits per heavy atom. The molecule has 21 heavy (non-hydrogen) atoms. The molecule has 0 radical (unpaired) electrons. The number of methoxy groups -OCH3 is 1. The summed E-state index contributed by atoms with van der Waals surface area (Å²) < 4.78 is 5.17. The van der Waals surface area contributed by atoms with E-state index in [1.54, 1.807) is 25.5 Å². The average molecular weight is 403 g/mol. The second-order valence-electron chi connectivity index (χ2n) is 4.05. The van der Waals surface area contributed by atoms with Crippen molar-refractivity contribution in [3.05, 3.63) is 53.6 Å². The predicted molar refractivity (Wildman–Crippen MR) is 84.8 cm³/mol. The Morgan fingerprint density at radius 1 is 1.19 bits per heavy atom. The van der Waals surface area contributed by atoms with E-state index in [-0.39, 0.29) is 5.75 Å². The van der Waals surface area contributed by atoms with Crippen molar-refractivity contribution < 1.29 is 30.7 Å². The van der Waals surface area contributed by atoms with Crippen molar-refractivity contribution in [1.29, 1.82) is 0 Å². The topological polar surface area (TPSA) is 41.8 Å². The Labute approximate surface area is 143 Å². The van der Waals surface area contributed by atoms with Crippen LogP contribution in [0.2, 0.25) is 0 Å². The molecule has 1 N–H and O–H groups in total. The van der Waals surface area contributed by atoms with Crippen LogP contribution in [0.25, 0.3) is 0 Å². The van der Waals surface area contributed by atoms with Crippen molar-refractivity contribution in [1.82, 2.24) is 0 Å². The van der Waals surface area contributed by atoms with E-state index in [4.69, 9.17) is 21.8 Å². The summed E-state index contributed by atoms with van der Waals surface area (Å²) in [6, 6.07) is 13.1. The number of phenolic OH excluding ortho intramolecular Hbond substituents is 1. The second kappa shape index (κ2) is 9.99. The van der Waals surface area contributed by atoms with Crippen LogP contribution in [0.5, 0.6) is 11.5 Å². The van der Waals surface area contributed by atoms with E-state index in [1.807, 2.05) is 37.3 Å². The maximum absolute atomic E-state index is 9.95. The van der Waals surface area contributed by atoms with Crippen molar-refractivity contribution in [3.63, 3.8) is 0 Å². The van der Waals surface area contributed by atoms with Gasteiger partial charge >= 0.3 is 37.9 Å². The van der Waals surface area contributed by atoms with E-state index in [0.29, 0.717) is 11.3 Å². The van der Waals surface area contributed by atoms with E-state index >= 15 is 0 Å². The second-order valence-corrected chi connectivity index (χ2v) is 7.78. The number of aliphatic imine (C=N–C) groups is 1. The van der Waals surface area contributed by atoms with Gasteiger partial charge in [-0.15, -0.1) is 0 Å². The molecule has 0 atom stereocenters. The number of halogens is 2. The molecule has 0 unspecified atom stereocenters. The van der Waals surface area contributed by atoms with Gasteiger partial charge in [0.2, 0.25) is 0 Å². The van der Waals surface area contributed by atoms with Gasteiger partial charge in [0.15, 0.2) is 0 Å². The molecule has 0 heterocycles. The van der Waals surface area contributed by atoms with Crippen molar-refractivity contribution in [3.8, 4) is 11.5 Å². The number of ether oxygens (including phenoxy) is 1. The van der Waals surface area contributed by atoms with E-state index in [2.05, 4.69) is 4.99 Å². The average Bonchev–Trinajstić information content (AvgIpc) is 2.50. The van der Waals surface area contributed by atoms with Crippen LogP contribution < -0.4 is 4.74 Å². The molecule has 0 saturated carbocycles. The minimum absolute atomic E-state index is 0.232. The molecule has 2 aromatic rings. The van der Waals surface area contributed by atoms with Gasteiger partial charge in [0.1, 0.15) is 11.5 Å². The summed E-state index contributed by atoms with van der Waals surface area (Å²) in [6.07, 6.45) is 1.64. The van der Waals surface area contributed by atoms with E-state index < -0.39 is 20.8 Å². The summed E-state index contributed by atoms with van der Waals surface area (Å²) >= 11 is -0.826. The molecule has 0 aliphatic rings. The number of nitrogens with zero attached hydrogens (tertiary/aromatic N) is 1. The van der Waals surface area contributed by atoms with Crippen LogP contribution in [-0.2, 0) is 20.8 Å². The van der Waals surface area contributed by atoms with E-state index in [9.17, 15) is 5.11 Å². The third-order valence-corrected chi connectivity index (χ3v) is 2.65. The van der Waals surface area contributed by atoms with Gasteiger partial charge in [-0.1, -0.05) is 18.2 Å². The van der Waals surface area contributed by atoms with Gasteiger partial charge < -0.3 is 9.84 Å². The summed E-state index contributed by atoms with van der Waals surface area (Å²) in [4.78, 5) is 4.31. The van der Waals surface area contributed by atoms with Gasteiger partial charge in [-0.25, -0.2) is 0 Å². The molecule has 0 spiro atoms. The molecular weight excluding hydrogens is 388 g/mol. The van der Waals surface area contributed by atoms with Gasteiger partial charge in [-0.05, 0) is 36.8 Å². The SMILES string of the molecule is COc1cc(C)c(O)c(C=Nc2ccccc2)c1.[Cl][Zr][Cl]. The molecule has 0 aliphatic carbocycles. The van der Waals surface area contributed by atoms with Crippen LogP contribution in [0.3, 0.4) is 0 Å². The van der Waals surface area contributed by atoms with Gasteiger partial charge in [0, 0.05) is 11.8 Å². The third kappa shape index (κ3) is 6.21. The number of phenols is 1. The van der Waals surface area contributed by atoms with Crippen LogP contribution in [-0.4, -0.2) is 18.4 Å². The zero-order valence-electron chi connectivity index (χ0n) is 11.7. The third-order valence-electron chi connectivity index (χ3n) is 2.65. The Kier molecular flexibility index (Phi) is 8.67. The van der Waals surface area contributed by atoms with Crippen molar-refractivity contribution >= 4 is 28.9 Å². The first-order valence-corrected chi connectivity index (χ1v) is 12.4. The number of rotatable bonds is 3. The number of para-hydroxylation sites is 1. The van der Waals surface area contributed by atoms with Crippen molar-refractivity contribution in [2.45, 2.75) is 6.92 Å². The van der Waals surface area contributed by atoms with Crippen LogP contribution in [0, 0.1) is 6.92 Å². The minimum atomic E-state index is -0.826. The van der Waals surface area contributed by atoms with Crippen molar-refractivity contribution in [2.24, 2.45) is 4.99 Å². The summed E-state index contributed by atoms with van der Waals surface area (Å²) in [6.45, 7) is 1.83. The summed E-state index contributed by atoms with van der Waals surface area (Å²) in [7, 11) is 11.5. The van der Waals surface area contributed by atoms with Crippen LogP contribution in [0.15, 0.2) is 47.5 Å². The number of hydrogen-bond donors (Lipinski definition) is 1. The Bertz CT molecular complexity index is 592. The Hall–Kier alpha value is -0.827. The zero-order chi connectivity index (χ0) is 15.7. The monoisotopic (exact) mass is 401 g/mol. The number of hydrogen-bond acceptors (Lipinski definition) is 3. The molecule has 0 amide bonds.